The second kappa shape index (κ2) is 41.5. The highest BCUT2D eigenvalue weighted by atomic mass is 16.7. The summed E-state index contributed by atoms with van der Waals surface area (Å²) in [7, 11) is 5.94. The van der Waals surface area contributed by atoms with E-state index in [0.717, 1.165) is 89.9 Å². The Morgan fingerprint density at radius 3 is 1.44 bits per heavy atom. The van der Waals surface area contributed by atoms with Crippen LogP contribution in [0.3, 0.4) is 0 Å². The molecule has 0 aliphatic rings. The van der Waals surface area contributed by atoms with Crippen LogP contribution < -0.4 is 0 Å². The van der Waals surface area contributed by atoms with Crippen LogP contribution in [-0.2, 0) is 33.3 Å². The van der Waals surface area contributed by atoms with Crippen molar-refractivity contribution in [3.8, 4) is 0 Å². The summed E-state index contributed by atoms with van der Waals surface area (Å²) in [6, 6.07) is 0. The zero-order valence-corrected chi connectivity index (χ0v) is 38.1. The van der Waals surface area contributed by atoms with Crippen LogP contribution in [0, 0.1) is 0 Å². The zero-order valence-electron chi connectivity index (χ0n) is 38.1. The highest BCUT2D eigenvalue weighted by molar-refractivity contribution is 5.71. The molecule has 0 aromatic carbocycles. The number of likely N-dealkylation sites (N-methyl/N-ethyl adjacent to an activating group) is 1. The van der Waals surface area contributed by atoms with Gasteiger partial charge in [-0.2, -0.15) is 0 Å². The normalized spacial score (nSPS) is 13.6. The minimum absolute atomic E-state index is 0.177. The molecular formula is C50H86NO8+. The molecule has 0 aromatic heterocycles. The van der Waals surface area contributed by atoms with E-state index in [1.54, 1.807) is 0 Å². The molecular weight excluding hydrogens is 743 g/mol. The molecule has 0 radical (unpaired) electrons. The summed E-state index contributed by atoms with van der Waals surface area (Å²) in [5.41, 5.74) is 0. The van der Waals surface area contributed by atoms with Gasteiger partial charge in [0.25, 0.3) is 6.29 Å². The highest BCUT2D eigenvalue weighted by Crippen LogP contribution is 2.13. The molecule has 0 fully saturated rings. The Balaban J connectivity index is 4.49. The van der Waals surface area contributed by atoms with Crippen molar-refractivity contribution in [3.05, 3.63) is 72.9 Å². The summed E-state index contributed by atoms with van der Waals surface area (Å²) in [6.07, 6.45) is 48.1. The van der Waals surface area contributed by atoms with Gasteiger partial charge in [-0.05, 0) is 83.5 Å². The molecule has 0 spiro atoms. The summed E-state index contributed by atoms with van der Waals surface area (Å²) >= 11 is 0. The quantitative estimate of drug-likeness (QED) is 0.0213. The molecule has 0 aliphatic carbocycles. The van der Waals surface area contributed by atoms with Crippen molar-refractivity contribution in [1.82, 2.24) is 0 Å². The van der Waals surface area contributed by atoms with Crippen LogP contribution in [0.2, 0.25) is 0 Å². The summed E-state index contributed by atoms with van der Waals surface area (Å²) < 4.78 is 22.7. The number of carboxylic acid groups (broad SMARTS) is 1. The zero-order chi connectivity index (χ0) is 43.5. The maximum absolute atomic E-state index is 12.8. The van der Waals surface area contributed by atoms with Gasteiger partial charge in [-0.25, -0.2) is 4.79 Å². The van der Waals surface area contributed by atoms with Gasteiger partial charge < -0.3 is 28.5 Å². The van der Waals surface area contributed by atoms with Crippen molar-refractivity contribution in [3.63, 3.8) is 0 Å². The van der Waals surface area contributed by atoms with Crippen molar-refractivity contribution in [2.75, 3.05) is 47.5 Å². The molecule has 0 heterocycles. The topological polar surface area (TPSA) is 108 Å². The van der Waals surface area contributed by atoms with Crippen LogP contribution in [0.25, 0.3) is 0 Å². The first-order valence-electron chi connectivity index (χ1n) is 23.1. The molecule has 2 atom stereocenters. The molecule has 1 N–H and O–H groups in total. The largest absolute Gasteiger partial charge is 0.477 e. The van der Waals surface area contributed by atoms with Gasteiger partial charge in [0, 0.05) is 12.8 Å². The lowest BCUT2D eigenvalue weighted by molar-refractivity contribution is -0.870. The Hall–Kier alpha value is -3.27. The fourth-order valence-corrected chi connectivity index (χ4v) is 5.86. The molecule has 0 rings (SSSR count). The van der Waals surface area contributed by atoms with Gasteiger partial charge in [0.15, 0.2) is 6.10 Å². The van der Waals surface area contributed by atoms with E-state index in [2.05, 4.69) is 86.8 Å². The van der Waals surface area contributed by atoms with Gasteiger partial charge >= 0.3 is 17.9 Å². The number of quaternary nitrogens is 1. The third-order valence-electron chi connectivity index (χ3n) is 9.45. The van der Waals surface area contributed by atoms with E-state index in [-0.39, 0.29) is 38.6 Å². The molecule has 0 aliphatic heterocycles. The van der Waals surface area contributed by atoms with Crippen LogP contribution in [0.4, 0.5) is 0 Å². The molecule has 0 amide bonds. The Morgan fingerprint density at radius 1 is 0.525 bits per heavy atom. The Kier molecular flexibility index (Phi) is 39.2. The molecule has 2 unspecified atom stereocenters. The number of carbonyl (C=O) groups excluding carboxylic acids is 2. The van der Waals surface area contributed by atoms with Gasteiger partial charge in [-0.1, -0.05) is 145 Å². The van der Waals surface area contributed by atoms with E-state index in [4.69, 9.17) is 18.9 Å². The first-order chi connectivity index (χ1) is 28.6. The van der Waals surface area contributed by atoms with E-state index >= 15 is 0 Å². The van der Waals surface area contributed by atoms with Gasteiger partial charge in [0.1, 0.15) is 13.2 Å². The lowest BCUT2D eigenvalue weighted by Crippen LogP contribution is -2.40. The molecule has 59 heavy (non-hydrogen) atoms. The summed E-state index contributed by atoms with van der Waals surface area (Å²) in [4.78, 5) is 37.2. The van der Waals surface area contributed by atoms with Gasteiger partial charge in [-0.3, -0.25) is 9.59 Å². The molecule has 9 heteroatoms. The molecule has 9 nitrogen and oxygen atoms in total. The molecule has 0 bridgehead atoms. The Bertz CT molecular complexity index is 1200. The maximum atomic E-state index is 12.8. The summed E-state index contributed by atoms with van der Waals surface area (Å²) in [6.45, 7) is 4.67. The second-order valence-corrected chi connectivity index (χ2v) is 16.3. The van der Waals surface area contributed by atoms with Crippen LogP contribution >= 0.6 is 0 Å². The van der Waals surface area contributed by atoms with Crippen LogP contribution in [-0.4, -0.2) is 87.4 Å². The number of rotatable bonds is 41. The van der Waals surface area contributed by atoms with E-state index in [0.29, 0.717) is 17.4 Å². The number of hydrogen-bond acceptors (Lipinski definition) is 7. The van der Waals surface area contributed by atoms with Gasteiger partial charge in [0.05, 0.1) is 34.4 Å². The number of nitrogens with zero attached hydrogens (tertiary/aromatic N) is 1. The average molecular weight is 829 g/mol. The van der Waals surface area contributed by atoms with Crippen LogP contribution in [0.15, 0.2) is 72.9 Å². The lowest BCUT2D eigenvalue weighted by atomic mass is 10.1. The van der Waals surface area contributed by atoms with Crippen molar-refractivity contribution in [2.45, 2.75) is 180 Å². The average Bonchev–Trinajstić information content (AvgIpc) is 3.19. The van der Waals surface area contributed by atoms with Crippen molar-refractivity contribution in [2.24, 2.45) is 0 Å². The monoisotopic (exact) mass is 829 g/mol. The number of allylic oxidation sites excluding steroid dienone is 12. The number of aliphatic carboxylic acids is 1. The Morgan fingerprint density at radius 2 is 0.966 bits per heavy atom. The van der Waals surface area contributed by atoms with Gasteiger partial charge in [0.2, 0.25) is 0 Å². The number of carboxylic acids is 1. The molecule has 0 aromatic rings. The number of esters is 2. The fourth-order valence-electron chi connectivity index (χ4n) is 5.86. The van der Waals surface area contributed by atoms with Crippen molar-refractivity contribution < 1.29 is 42.9 Å². The smallest absolute Gasteiger partial charge is 0.361 e. The number of hydrogen-bond donors (Lipinski definition) is 1. The standard InChI is InChI=1S/C50H85NO8/c1-6-8-10-12-14-16-18-20-22-24-26-28-30-32-34-36-38-40-47(52)57-44-46(45-58-50(49(54)55)56-43-42-51(3,4)5)59-48(53)41-39-37-35-33-31-29-27-25-23-21-19-17-15-13-11-9-7-2/h9,11,14-17,20-23,27,29,46,50H,6-8,10,12-13,18-19,24-26,28,30-45H2,1-5H3/p+1/b11-9-,16-14-,17-15-,22-20-,23-21-,29-27-. The van der Waals surface area contributed by atoms with Crippen molar-refractivity contribution in [1.29, 1.82) is 0 Å². The third-order valence-corrected chi connectivity index (χ3v) is 9.45. The first kappa shape index (κ1) is 55.7. The van der Waals surface area contributed by atoms with E-state index < -0.39 is 24.3 Å². The predicted molar refractivity (Wildman–Crippen MR) is 244 cm³/mol. The molecule has 0 saturated heterocycles. The van der Waals surface area contributed by atoms with Crippen molar-refractivity contribution >= 4 is 17.9 Å². The Labute approximate surface area is 360 Å². The highest BCUT2D eigenvalue weighted by Gasteiger charge is 2.25. The summed E-state index contributed by atoms with van der Waals surface area (Å²) in [5, 5.41) is 9.64. The number of unbranched alkanes of at least 4 members (excludes halogenated alkanes) is 14. The summed E-state index contributed by atoms with van der Waals surface area (Å²) in [5.74, 6) is -2.06. The third kappa shape index (κ3) is 42.7. The van der Waals surface area contributed by atoms with Crippen LogP contribution in [0.5, 0.6) is 0 Å². The fraction of sp³-hybridized carbons (Fsp3) is 0.700. The SMILES string of the molecule is CC/C=C\C/C=C\C/C=C\C/C=C\CCCCCCC(=O)OC(COC(=O)CCCCCCCCC/C=C\C/C=C\CCCCC)COC(OCC[N+](C)(C)C)C(=O)O. The number of carbonyl (C=O) groups is 3. The molecule has 0 saturated carbocycles. The predicted octanol–water partition coefficient (Wildman–Crippen LogP) is 12.3. The van der Waals surface area contributed by atoms with E-state index in [9.17, 15) is 19.5 Å². The second-order valence-electron chi connectivity index (χ2n) is 16.3. The van der Waals surface area contributed by atoms with E-state index in [1.165, 1.54) is 44.9 Å². The minimum Gasteiger partial charge on any atom is -0.477 e. The van der Waals surface area contributed by atoms with Gasteiger partial charge in [-0.15, -0.1) is 0 Å². The molecule has 338 valence electrons. The number of ether oxygens (including phenoxy) is 4. The minimum atomic E-state index is -1.52. The van der Waals surface area contributed by atoms with E-state index in [1.807, 2.05) is 21.1 Å². The lowest BCUT2D eigenvalue weighted by Gasteiger charge is -2.25. The van der Waals surface area contributed by atoms with Crippen LogP contribution in [0.1, 0.15) is 168 Å². The maximum Gasteiger partial charge on any atom is 0.361 e. The first-order valence-corrected chi connectivity index (χ1v) is 23.1.